The lowest BCUT2D eigenvalue weighted by Gasteiger charge is -2.28. The molecular formula is C23H33N3O6. The number of methoxy groups -OCH3 is 1. The van der Waals surface area contributed by atoms with Gasteiger partial charge in [-0.15, -0.1) is 0 Å². The molecule has 1 fully saturated rings. The van der Waals surface area contributed by atoms with Gasteiger partial charge in [-0.1, -0.05) is 6.42 Å². The van der Waals surface area contributed by atoms with Crippen LogP contribution in [0.4, 0.5) is 0 Å². The number of carbonyl (C=O) groups is 1. The average Bonchev–Trinajstić information content (AvgIpc) is 2.76. The van der Waals surface area contributed by atoms with Crippen LogP contribution in [0, 0.1) is 5.41 Å². The number of aromatic nitrogens is 2. The second-order valence-electron chi connectivity index (χ2n) is 9.18. The van der Waals surface area contributed by atoms with Gasteiger partial charge < -0.3 is 24.2 Å². The van der Waals surface area contributed by atoms with Gasteiger partial charge in [-0.3, -0.25) is 14.2 Å². The number of piperidine rings is 1. The highest BCUT2D eigenvalue weighted by Gasteiger charge is 2.23. The van der Waals surface area contributed by atoms with Gasteiger partial charge >= 0.3 is 5.97 Å². The Morgan fingerprint density at radius 1 is 1.19 bits per heavy atom. The van der Waals surface area contributed by atoms with E-state index in [2.05, 4.69) is 9.88 Å². The minimum atomic E-state index is -0.665. The largest absolute Gasteiger partial charge is 0.493 e. The highest BCUT2D eigenvalue weighted by atomic mass is 16.5. The van der Waals surface area contributed by atoms with E-state index in [9.17, 15) is 14.7 Å². The normalized spacial score (nSPS) is 16.0. The summed E-state index contributed by atoms with van der Waals surface area (Å²) in [5, 5.41) is 10.7. The van der Waals surface area contributed by atoms with E-state index >= 15 is 0 Å². The van der Waals surface area contributed by atoms with Crippen LogP contribution in [0.5, 0.6) is 11.5 Å². The Hall–Kier alpha value is -2.65. The van der Waals surface area contributed by atoms with Crippen molar-refractivity contribution in [3.05, 3.63) is 28.8 Å². The number of esters is 1. The molecule has 2 heterocycles. The summed E-state index contributed by atoms with van der Waals surface area (Å²) in [4.78, 5) is 31.4. The zero-order valence-electron chi connectivity index (χ0n) is 19.3. The number of rotatable bonds is 8. The molecule has 1 atom stereocenters. The predicted molar refractivity (Wildman–Crippen MR) is 120 cm³/mol. The smallest absolute Gasteiger partial charge is 0.312 e. The molecule has 1 aliphatic heterocycles. The van der Waals surface area contributed by atoms with Gasteiger partial charge in [0.1, 0.15) is 19.0 Å². The first-order valence-electron chi connectivity index (χ1n) is 11.0. The minimum absolute atomic E-state index is 0.109. The summed E-state index contributed by atoms with van der Waals surface area (Å²) in [6.45, 7) is 7.67. The number of carbonyl (C=O) groups excluding carboxylic acids is 1. The Balaban J connectivity index is 1.72. The maximum atomic E-state index is 12.8. The molecule has 0 radical (unpaired) electrons. The van der Waals surface area contributed by atoms with Crippen LogP contribution in [0.1, 0.15) is 40.0 Å². The third-order valence-electron chi connectivity index (χ3n) is 5.41. The van der Waals surface area contributed by atoms with Crippen molar-refractivity contribution in [1.29, 1.82) is 0 Å². The summed E-state index contributed by atoms with van der Waals surface area (Å²) in [5.74, 6) is 0.362. The average molecular weight is 448 g/mol. The Morgan fingerprint density at radius 3 is 2.56 bits per heavy atom. The van der Waals surface area contributed by atoms with Crippen LogP contribution in [-0.2, 0) is 16.3 Å². The Kier molecular flexibility index (Phi) is 7.73. The number of aliphatic hydroxyl groups excluding tert-OH is 1. The Labute approximate surface area is 187 Å². The first-order chi connectivity index (χ1) is 15.2. The van der Waals surface area contributed by atoms with Crippen molar-refractivity contribution >= 4 is 16.9 Å². The van der Waals surface area contributed by atoms with Gasteiger partial charge in [0.25, 0.3) is 5.56 Å². The molecule has 1 aliphatic rings. The summed E-state index contributed by atoms with van der Waals surface area (Å²) < 4.78 is 17.7. The van der Waals surface area contributed by atoms with Crippen molar-refractivity contribution in [3.8, 4) is 11.5 Å². The lowest BCUT2D eigenvalue weighted by Crippen LogP contribution is -2.38. The lowest BCUT2D eigenvalue weighted by molar-refractivity contribution is -0.157. The number of nitrogens with zero attached hydrogens (tertiary/aromatic N) is 3. The summed E-state index contributed by atoms with van der Waals surface area (Å²) in [6.07, 6.45) is 4.26. The predicted octanol–water partition coefficient (Wildman–Crippen LogP) is 2.18. The van der Waals surface area contributed by atoms with Crippen molar-refractivity contribution in [1.82, 2.24) is 14.5 Å². The Bertz CT molecular complexity index is 992. The van der Waals surface area contributed by atoms with E-state index < -0.39 is 17.5 Å². The second kappa shape index (κ2) is 10.3. The van der Waals surface area contributed by atoms with Gasteiger partial charge in [-0.2, -0.15) is 0 Å². The zero-order chi connectivity index (χ0) is 23.3. The standard InChI is InChI=1S/C23H33N3O6/c1-23(2,3)22(29)32-15-26-14-24-18-11-20(19(30-4)10-17(18)21(26)28)31-13-16(27)12-25-8-6-5-7-9-25/h10-11,14,16,27H,5-9,12-13,15H2,1-4H3. The van der Waals surface area contributed by atoms with E-state index in [1.54, 1.807) is 32.9 Å². The summed E-state index contributed by atoms with van der Waals surface area (Å²) in [7, 11) is 1.48. The molecule has 9 heteroatoms. The molecule has 1 aromatic carbocycles. The van der Waals surface area contributed by atoms with Crippen LogP contribution < -0.4 is 15.0 Å². The third-order valence-corrected chi connectivity index (χ3v) is 5.41. The number of hydrogen-bond donors (Lipinski definition) is 1. The lowest BCUT2D eigenvalue weighted by atomic mass is 9.98. The van der Waals surface area contributed by atoms with Gasteiger partial charge in [0, 0.05) is 12.6 Å². The van der Waals surface area contributed by atoms with E-state index in [0.717, 1.165) is 25.9 Å². The fourth-order valence-corrected chi connectivity index (χ4v) is 3.55. The maximum Gasteiger partial charge on any atom is 0.312 e. The SMILES string of the molecule is COc1cc2c(=O)n(COC(=O)C(C)(C)C)cnc2cc1OCC(O)CN1CCCCC1. The number of fused-ring (bicyclic) bond motifs is 1. The molecule has 176 valence electrons. The van der Waals surface area contributed by atoms with Crippen LogP contribution in [0.3, 0.4) is 0 Å². The van der Waals surface area contributed by atoms with Crippen molar-refractivity contribution < 1.29 is 24.1 Å². The number of likely N-dealkylation sites (tertiary alicyclic amines) is 1. The van der Waals surface area contributed by atoms with E-state index in [1.165, 1.54) is 24.4 Å². The molecule has 0 saturated carbocycles. The quantitative estimate of drug-likeness (QED) is 0.614. The van der Waals surface area contributed by atoms with Crippen molar-refractivity contribution in [2.45, 2.75) is 52.9 Å². The molecule has 9 nitrogen and oxygen atoms in total. The molecule has 1 aromatic heterocycles. The summed E-state index contributed by atoms with van der Waals surface area (Å²) in [6, 6.07) is 3.17. The van der Waals surface area contributed by atoms with Crippen LogP contribution in [0.15, 0.2) is 23.3 Å². The zero-order valence-corrected chi connectivity index (χ0v) is 19.3. The molecule has 0 aliphatic carbocycles. The minimum Gasteiger partial charge on any atom is -0.493 e. The van der Waals surface area contributed by atoms with E-state index in [-0.39, 0.29) is 18.9 Å². The van der Waals surface area contributed by atoms with Crippen LogP contribution >= 0.6 is 0 Å². The molecule has 0 spiro atoms. The third kappa shape index (κ3) is 5.98. The number of ether oxygens (including phenoxy) is 3. The first kappa shape index (κ1) is 24.0. The van der Waals surface area contributed by atoms with E-state index in [1.807, 2.05) is 0 Å². The molecule has 1 saturated heterocycles. The molecule has 32 heavy (non-hydrogen) atoms. The summed E-state index contributed by atoms with van der Waals surface area (Å²) >= 11 is 0. The highest BCUT2D eigenvalue weighted by Crippen LogP contribution is 2.30. The highest BCUT2D eigenvalue weighted by molar-refractivity contribution is 5.81. The van der Waals surface area contributed by atoms with Crippen LogP contribution in [-0.4, -0.2) is 65.0 Å². The fraction of sp³-hybridized carbons (Fsp3) is 0.609. The summed E-state index contributed by atoms with van der Waals surface area (Å²) in [5.41, 5.74) is -0.594. The first-order valence-corrected chi connectivity index (χ1v) is 11.0. The molecule has 2 aromatic rings. The van der Waals surface area contributed by atoms with Gasteiger partial charge in [-0.25, -0.2) is 4.98 Å². The topological polar surface area (TPSA) is 103 Å². The van der Waals surface area contributed by atoms with Gasteiger partial charge in [0.05, 0.1) is 23.4 Å². The van der Waals surface area contributed by atoms with Crippen molar-refractivity contribution in [2.24, 2.45) is 5.41 Å². The maximum absolute atomic E-state index is 12.8. The number of benzene rings is 1. The Morgan fingerprint density at radius 2 is 1.91 bits per heavy atom. The van der Waals surface area contributed by atoms with Crippen molar-refractivity contribution in [2.75, 3.05) is 33.4 Å². The van der Waals surface area contributed by atoms with Gasteiger partial charge in [0.2, 0.25) is 0 Å². The molecule has 0 bridgehead atoms. The molecule has 1 N–H and O–H groups in total. The fourth-order valence-electron chi connectivity index (χ4n) is 3.55. The molecule has 1 unspecified atom stereocenters. The number of hydrogen-bond acceptors (Lipinski definition) is 8. The van der Waals surface area contributed by atoms with Crippen molar-refractivity contribution in [3.63, 3.8) is 0 Å². The van der Waals surface area contributed by atoms with E-state index in [4.69, 9.17) is 14.2 Å². The molecule has 3 rings (SSSR count). The monoisotopic (exact) mass is 447 g/mol. The van der Waals surface area contributed by atoms with E-state index in [0.29, 0.717) is 28.9 Å². The van der Waals surface area contributed by atoms with Crippen LogP contribution in [0.25, 0.3) is 10.9 Å². The van der Waals surface area contributed by atoms with Gasteiger partial charge in [0.15, 0.2) is 18.2 Å². The van der Waals surface area contributed by atoms with Gasteiger partial charge in [-0.05, 0) is 52.8 Å². The number of aliphatic hydroxyl groups is 1. The molecule has 0 amide bonds. The number of β-amino-alcohol motifs (C(OH)–C–C–N with tert-alkyl or cyclic N) is 1. The van der Waals surface area contributed by atoms with Crippen LogP contribution in [0.2, 0.25) is 0 Å². The molecular weight excluding hydrogens is 414 g/mol. The second-order valence-corrected chi connectivity index (χ2v) is 9.18.